The molecular formula is C26H25Cl2F3N8O3. The van der Waals surface area contributed by atoms with Crippen LogP contribution >= 0.6 is 23.2 Å². The van der Waals surface area contributed by atoms with Gasteiger partial charge in [-0.05, 0) is 36.4 Å². The number of carbonyl (C=O) groups excluding carboxylic acids is 1. The quantitative estimate of drug-likeness (QED) is 0.336. The molecule has 11 nitrogen and oxygen atoms in total. The maximum atomic E-state index is 13.3. The molecule has 1 atom stereocenters. The lowest BCUT2D eigenvalue weighted by molar-refractivity contribution is -0.207. The first-order valence-corrected chi connectivity index (χ1v) is 13.6. The van der Waals surface area contributed by atoms with E-state index in [4.69, 9.17) is 23.2 Å². The standard InChI is InChI=1S/C26H25Cl2F3N8O3/c1-16(40)35-10-12-36(13-11-35)24-32-22(33-39(24)20-5-3-2-4-19(20)28)15-38-25(42)37(14-21(41)26(29,30)31)23(34-38)17-6-8-18(27)9-7-17/h2-9,21,41H,10-15H2,1H3/t21-/m0/s1. The third kappa shape index (κ3) is 6.15. The molecule has 0 spiro atoms. The van der Waals surface area contributed by atoms with E-state index in [1.165, 1.54) is 35.9 Å². The number of amides is 1. The second kappa shape index (κ2) is 11.8. The number of aliphatic hydroxyl groups excluding tert-OH is 1. The molecule has 1 saturated heterocycles. The number of para-hydroxylation sites is 1. The number of rotatable bonds is 7. The summed E-state index contributed by atoms with van der Waals surface area (Å²) in [4.78, 5) is 33.4. The fourth-order valence-electron chi connectivity index (χ4n) is 4.55. The van der Waals surface area contributed by atoms with Crippen LogP contribution in [0.4, 0.5) is 19.1 Å². The first kappa shape index (κ1) is 29.6. The molecule has 3 heterocycles. The molecule has 1 N–H and O–H groups in total. The highest BCUT2D eigenvalue weighted by atomic mass is 35.5. The minimum atomic E-state index is -4.95. The molecule has 0 aliphatic carbocycles. The molecule has 1 aliphatic rings. The van der Waals surface area contributed by atoms with E-state index in [1.807, 2.05) is 4.90 Å². The van der Waals surface area contributed by atoms with Crippen molar-refractivity contribution >= 4 is 35.1 Å². The minimum Gasteiger partial charge on any atom is -0.382 e. The molecule has 0 unspecified atom stereocenters. The summed E-state index contributed by atoms with van der Waals surface area (Å²) in [5, 5.41) is 19.4. The zero-order valence-electron chi connectivity index (χ0n) is 22.2. The van der Waals surface area contributed by atoms with E-state index >= 15 is 0 Å². The Morgan fingerprint density at radius 1 is 1.02 bits per heavy atom. The predicted octanol–water partition coefficient (Wildman–Crippen LogP) is 3.24. The van der Waals surface area contributed by atoms with Crippen molar-refractivity contribution in [1.82, 2.24) is 34.0 Å². The summed E-state index contributed by atoms with van der Waals surface area (Å²) in [6.07, 6.45) is -7.74. The number of hydrogen-bond donors (Lipinski definition) is 1. The second-order valence-electron chi connectivity index (χ2n) is 9.62. The predicted molar refractivity (Wildman–Crippen MR) is 149 cm³/mol. The molecule has 4 aromatic rings. The number of alkyl halides is 3. The van der Waals surface area contributed by atoms with Crippen LogP contribution in [0.15, 0.2) is 53.3 Å². The number of hydrogen-bond acceptors (Lipinski definition) is 7. The van der Waals surface area contributed by atoms with Gasteiger partial charge in [-0.3, -0.25) is 9.36 Å². The molecule has 1 fully saturated rings. The summed E-state index contributed by atoms with van der Waals surface area (Å²) in [6, 6.07) is 13.0. The lowest BCUT2D eigenvalue weighted by Crippen LogP contribution is -2.48. The van der Waals surface area contributed by atoms with Crippen molar-refractivity contribution in [1.29, 1.82) is 0 Å². The number of piperazine rings is 1. The Morgan fingerprint density at radius 3 is 2.31 bits per heavy atom. The number of benzene rings is 2. The topological polar surface area (TPSA) is 114 Å². The third-order valence-electron chi connectivity index (χ3n) is 6.77. The van der Waals surface area contributed by atoms with Gasteiger partial charge in [-0.1, -0.05) is 35.3 Å². The van der Waals surface area contributed by atoms with Gasteiger partial charge in [-0.25, -0.2) is 9.48 Å². The zero-order valence-corrected chi connectivity index (χ0v) is 23.7. The summed E-state index contributed by atoms with van der Waals surface area (Å²) in [6.45, 7) is 2.02. The van der Waals surface area contributed by atoms with Gasteiger partial charge in [0.1, 0.15) is 6.54 Å². The number of aromatic nitrogens is 6. The Morgan fingerprint density at radius 2 is 1.69 bits per heavy atom. The number of carbonyl (C=O) groups is 1. The first-order valence-electron chi connectivity index (χ1n) is 12.8. The van der Waals surface area contributed by atoms with Gasteiger partial charge in [0.25, 0.3) is 0 Å². The number of halogens is 5. The van der Waals surface area contributed by atoms with Gasteiger partial charge in [0.2, 0.25) is 11.9 Å². The molecular weight excluding hydrogens is 600 g/mol. The van der Waals surface area contributed by atoms with Crippen molar-refractivity contribution in [2.75, 3.05) is 31.1 Å². The molecule has 16 heteroatoms. The van der Waals surface area contributed by atoms with Gasteiger partial charge in [-0.15, -0.1) is 10.2 Å². The zero-order chi connectivity index (χ0) is 30.2. The average Bonchev–Trinajstić information content (AvgIpc) is 3.50. The highest BCUT2D eigenvalue weighted by Crippen LogP contribution is 2.27. The van der Waals surface area contributed by atoms with E-state index in [0.29, 0.717) is 53.4 Å². The van der Waals surface area contributed by atoms with Gasteiger partial charge in [0.05, 0.1) is 17.3 Å². The van der Waals surface area contributed by atoms with Crippen molar-refractivity contribution in [3.05, 3.63) is 74.9 Å². The van der Waals surface area contributed by atoms with Gasteiger partial charge in [0.15, 0.2) is 17.8 Å². The Kier molecular flexibility index (Phi) is 8.30. The van der Waals surface area contributed by atoms with Crippen LogP contribution in [0, 0.1) is 0 Å². The van der Waals surface area contributed by atoms with E-state index in [0.717, 1.165) is 9.25 Å². The number of nitrogens with zero attached hydrogens (tertiary/aromatic N) is 8. The maximum absolute atomic E-state index is 13.3. The van der Waals surface area contributed by atoms with Crippen molar-refractivity contribution < 1.29 is 23.1 Å². The lowest BCUT2D eigenvalue weighted by atomic mass is 10.2. The highest BCUT2D eigenvalue weighted by molar-refractivity contribution is 6.32. The fraction of sp³-hybridized carbons (Fsp3) is 0.346. The van der Waals surface area contributed by atoms with Crippen LogP contribution in [0.2, 0.25) is 10.0 Å². The van der Waals surface area contributed by atoms with E-state index in [9.17, 15) is 27.9 Å². The van der Waals surface area contributed by atoms with Gasteiger partial charge in [-0.2, -0.15) is 22.8 Å². The van der Waals surface area contributed by atoms with Crippen molar-refractivity contribution in [3.63, 3.8) is 0 Å². The van der Waals surface area contributed by atoms with E-state index < -0.39 is 24.5 Å². The average molecular weight is 625 g/mol. The molecule has 222 valence electrons. The molecule has 2 aromatic carbocycles. The maximum Gasteiger partial charge on any atom is 0.416 e. The molecule has 42 heavy (non-hydrogen) atoms. The van der Waals surface area contributed by atoms with Gasteiger partial charge >= 0.3 is 11.9 Å². The lowest BCUT2D eigenvalue weighted by Gasteiger charge is -2.34. The molecule has 1 amide bonds. The van der Waals surface area contributed by atoms with E-state index in [2.05, 4.69) is 15.2 Å². The van der Waals surface area contributed by atoms with Crippen molar-refractivity contribution in [2.45, 2.75) is 32.3 Å². The molecule has 0 saturated carbocycles. The van der Waals surface area contributed by atoms with E-state index in [1.54, 1.807) is 29.2 Å². The summed E-state index contributed by atoms with van der Waals surface area (Å²) < 4.78 is 42.9. The summed E-state index contributed by atoms with van der Waals surface area (Å²) in [5.74, 6) is 0.431. The van der Waals surface area contributed by atoms with Crippen LogP contribution < -0.4 is 10.6 Å². The van der Waals surface area contributed by atoms with Crippen molar-refractivity contribution in [3.8, 4) is 17.1 Å². The van der Waals surface area contributed by atoms with Crippen molar-refractivity contribution in [2.24, 2.45) is 0 Å². The summed E-state index contributed by atoms with van der Waals surface area (Å²) in [7, 11) is 0. The Bertz CT molecular complexity index is 1640. The molecule has 1 aliphatic heterocycles. The minimum absolute atomic E-state index is 0.0370. The molecule has 0 radical (unpaired) electrons. The Labute approximate surface area is 247 Å². The molecule has 0 bridgehead atoms. The van der Waals surface area contributed by atoms with Crippen LogP contribution in [-0.4, -0.2) is 83.5 Å². The van der Waals surface area contributed by atoms with Crippen LogP contribution in [0.5, 0.6) is 0 Å². The van der Waals surface area contributed by atoms with Crippen LogP contribution in [0.1, 0.15) is 12.7 Å². The summed E-state index contributed by atoms with van der Waals surface area (Å²) in [5.41, 5.74) is -0.0490. The molecule has 2 aromatic heterocycles. The van der Waals surface area contributed by atoms with Crippen LogP contribution in [0.3, 0.4) is 0 Å². The van der Waals surface area contributed by atoms with Gasteiger partial charge < -0.3 is 14.9 Å². The fourth-order valence-corrected chi connectivity index (χ4v) is 4.90. The Hall–Kier alpha value is -3.88. The largest absolute Gasteiger partial charge is 0.416 e. The van der Waals surface area contributed by atoms with Gasteiger partial charge in [0, 0.05) is 43.7 Å². The Balaban J connectivity index is 1.54. The van der Waals surface area contributed by atoms with Crippen LogP contribution in [0.25, 0.3) is 17.1 Å². The highest BCUT2D eigenvalue weighted by Gasteiger charge is 2.39. The van der Waals surface area contributed by atoms with Crippen LogP contribution in [-0.2, 0) is 17.9 Å². The SMILES string of the molecule is CC(=O)N1CCN(c2nc(Cn3nc(-c4ccc(Cl)cc4)n(C[C@H](O)C(F)(F)F)c3=O)nn2-c2ccccc2Cl)CC1. The third-order valence-corrected chi connectivity index (χ3v) is 7.34. The second-order valence-corrected chi connectivity index (χ2v) is 10.5. The molecule has 5 rings (SSSR count). The monoisotopic (exact) mass is 624 g/mol. The van der Waals surface area contributed by atoms with E-state index in [-0.39, 0.29) is 24.1 Å². The number of anilines is 1. The normalized spacial score (nSPS) is 14.8. The first-order chi connectivity index (χ1) is 19.9. The smallest absolute Gasteiger partial charge is 0.382 e. The summed E-state index contributed by atoms with van der Waals surface area (Å²) >= 11 is 12.4. The number of aliphatic hydroxyl groups is 1.